The van der Waals surface area contributed by atoms with E-state index in [4.69, 9.17) is 4.84 Å². The molecule has 2 rings (SSSR count). The standard InChI is InChI=1S/C7H11NO2/c9-4-6-5-10-8-3-1-2-7(6)8/h4,6-7H,1-3,5H2/t6-,7-/m1/s1. The summed E-state index contributed by atoms with van der Waals surface area (Å²) in [5.41, 5.74) is 0. The molecule has 2 saturated heterocycles. The van der Waals surface area contributed by atoms with Crippen LogP contribution in [0.4, 0.5) is 0 Å². The van der Waals surface area contributed by atoms with Crippen molar-refractivity contribution < 1.29 is 9.63 Å². The van der Waals surface area contributed by atoms with Crippen LogP contribution in [0.3, 0.4) is 0 Å². The Morgan fingerprint density at radius 1 is 1.60 bits per heavy atom. The van der Waals surface area contributed by atoms with E-state index < -0.39 is 0 Å². The maximum atomic E-state index is 10.4. The third-order valence-electron chi connectivity index (χ3n) is 2.35. The second-order valence-electron chi connectivity index (χ2n) is 2.95. The number of aldehydes is 1. The zero-order valence-electron chi connectivity index (χ0n) is 5.82. The third-order valence-corrected chi connectivity index (χ3v) is 2.35. The van der Waals surface area contributed by atoms with Crippen LogP contribution >= 0.6 is 0 Å². The average Bonchev–Trinajstić information content (AvgIpc) is 2.44. The summed E-state index contributed by atoms with van der Waals surface area (Å²) in [6.07, 6.45) is 3.33. The summed E-state index contributed by atoms with van der Waals surface area (Å²) in [5.74, 6) is 0.141. The zero-order valence-corrected chi connectivity index (χ0v) is 5.82. The highest BCUT2D eigenvalue weighted by Gasteiger charge is 2.38. The molecule has 2 aliphatic heterocycles. The molecule has 0 spiro atoms. The van der Waals surface area contributed by atoms with E-state index >= 15 is 0 Å². The van der Waals surface area contributed by atoms with Gasteiger partial charge in [0, 0.05) is 12.6 Å². The van der Waals surface area contributed by atoms with Gasteiger partial charge < -0.3 is 4.79 Å². The second-order valence-corrected chi connectivity index (χ2v) is 2.95. The van der Waals surface area contributed by atoms with E-state index in [-0.39, 0.29) is 5.92 Å². The number of carbonyl (C=O) groups excluding carboxylic acids is 1. The second kappa shape index (κ2) is 2.32. The Bertz CT molecular complexity index is 149. The molecule has 56 valence electrons. The Kier molecular flexibility index (Phi) is 1.47. The van der Waals surface area contributed by atoms with Crippen molar-refractivity contribution in [3.63, 3.8) is 0 Å². The van der Waals surface area contributed by atoms with Crippen LogP contribution in [0.5, 0.6) is 0 Å². The molecule has 0 aromatic rings. The van der Waals surface area contributed by atoms with Crippen LogP contribution in [0.1, 0.15) is 12.8 Å². The van der Waals surface area contributed by atoms with Gasteiger partial charge in [-0.25, -0.2) is 0 Å². The molecule has 0 aromatic heterocycles. The molecule has 0 saturated carbocycles. The molecule has 0 aromatic carbocycles. The smallest absolute Gasteiger partial charge is 0.127 e. The SMILES string of the molecule is O=C[C@@H]1CON2CCC[C@H]12. The highest BCUT2D eigenvalue weighted by Crippen LogP contribution is 2.28. The topological polar surface area (TPSA) is 29.5 Å². The minimum atomic E-state index is 0.141. The Morgan fingerprint density at radius 2 is 2.50 bits per heavy atom. The fourth-order valence-corrected chi connectivity index (χ4v) is 1.78. The number of hydrogen-bond acceptors (Lipinski definition) is 3. The molecule has 0 radical (unpaired) electrons. The van der Waals surface area contributed by atoms with E-state index in [0.29, 0.717) is 12.6 Å². The number of fused-ring (bicyclic) bond motifs is 1. The van der Waals surface area contributed by atoms with E-state index in [1.165, 1.54) is 6.42 Å². The lowest BCUT2D eigenvalue weighted by atomic mass is 10.0. The van der Waals surface area contributed by atoms with Gasteiger partial charge in [-0.2, -0.15) is 5.06 Å². The van der Waals surface area contributed by atoms with Crippen LogP contribution in [0.25, 0.3) is 0 Å². The lowest BCUT2D eigenvalue weighted by Gasteiger charge is -2.12. The van der Waals surface area contributed by atoms with Crippen molar-refractivity contribution in [2.45, 2.75) is 18.9 Å². The van der Waals surface area contributed by atoms with Crippen LogP contribution in [-0.4, -0.2) is 30.5 Å². The monoisotopic (exact) mass is 141 g/mol. The summed E-state index contributed by atoms with van der Waals surface area (Å²) in [7, 11) is 0. The van der Waals surface area contributed by atoms with Crippen LogP contribution in [0, 0.1) is 5.92 Å². The van der Waals surface area contributed by atoms with Crippen LogP contribution in [-0.2, 0) is 9.63 Å². The van der Waals surface area contributed by atoms with Crippen molar-refractivity contribution in [1.29, 1.82) is 0 Å². The molecule has 10 heavy (non-hydrogen) atoms. The quantitative estimate of drug-likeness (QED) is 0.489. The van der Waals surface area contributed by atoms with Gasteiger partial charge >= 0.3 is 0 Å². The van der Waals surface area contributed by atoms with Gasteiger partial charge in [0.1, 0.15) is 6.29 Å². The zero-order chi connectivity index (χ0) is 6.97. The van der Waals surface area contributed by atoms with Crippen molar-refractivity contribution in [2.75, 3.05) is 13.2 Å². The molecule has 0 amide bonds. The molecule has 3 heteroatoms. The highest BCUT2D eigenvalue weighted by atomic mass is 16.7. The largest absolute Gasteiger partial charge is 0.303 e. The third kappa shape index (κ3) is 0.777. The fraction of sp³-hybridized carbons (Fsp3) is 0.857. The minimum absolute atomic E-state index is 0.141. The molecule has 2 aliphatic rings. The van der Waals surface area contributed by atoms with Gasteiger partial charge in [-0.15, -0.1) is 0 Å². The Balaban J connectivity index is 2.07. The number of carbonyl (C=O) groups is 1. The van der Waals surface area contributed by atoms with Gasteiger partial charge in [-0.3, -0.25) is 4.84 Å². The molecule has 0 bridgehead atoms. The van der Waals surface area contributed by atoms with Crippen molar-refractivity contribution in [1.82, 2.24) is 5.06 Å². The number of rotatable bonds is 1. The summed E-state index contributed by atoms with van der Waals surface area (Å²) in [6, 6.07) is 0.400. The average molecular weight is 141 g/mol. The number of nitrogens with zero attached hydrogens (tertiary/aromatic N) is 1. The first-order valence-corrected chi connectivity index (χ1v) is 3.76. The lowest BCUT2D eigenvalue weighted by molar-refractivity contribution is -0.113. The van der Waals surface area contributed by atoms with E-state index in [1.807, 2.05) is 5.06 Å². The molecule has 0 aliphatic carbocycles. The van der Waals surface area contributed by atoms with Gasteiger partial charge in [0.05, 0.1) is 12.5 Å². The molecule has 0 N–H and O–H groups in total. The van der Waals surface area contributed by atoms with Gasteiger partial charge in [0.25, 0.3) is 0 Å². The normalized spacial score (nSPS) is 40.0. The first-order chi connectivity index (χ1) is 4.92. The summed E-state index contributed by atoms with van der Waals surface area (Å²) in [4.78, 5) is 15.7. The lowest BCUT2D eigenvalue weighted by Crippen LogP contribution is -2.25. The maximum absolute atomic E-state index is 10.4. The Hall–Kier alpha value is -0.410. The number of hydroxylamine groups is 2. The molecule has 2 atom stereocenters. The van der Waals surface area contributed by atoms with Crippen molar-refractivity contribution in [2.24, 2.45) is 5.92 Å². The fourth-order valence-electron chi connectivity index (χ4n) is 1.78. The van der Waals surface area contributed by atoms with Gasteiger partial charge in [0.15, 0.2) is 0 Å². The summed E-state index contributed by atoms with van der Waals surface area (Å²) in [6.45, 7) is 1.61. The molecular formula is C7H11NO2. The van der Waals surface area contributed by atoms with Crippen LogP contribution in [0.2, 0.25) is 0 Å². The van der Waals surface area contributed by atoms with Crippen molar-refractivity contribution in [3.8, 4) is 0 Å². The summed E-state index contributed by atoms with van der Waals surface area (Å²) in [5, 5.41) is 1.96. The number of hydrogen-bond donors (Lipinski definition) is 0. The van der Waals surface area contributed by atoms with E-state index in [9.17, 15) is 4.79 Å². The van der Waals surface area contributed by atoms with Gasteiger partial charge in [0.2, 0.25) is 0 Å². The predicted octanol–water partition coefficient (Wildman–Crippen LogP) is 0.211. The Morgan fingerprint density at radius 3 is 3.30 bits per heavy atom. The molecule has 0 unspecified atom stereocenters. The van der Waals surface area contributed by atoms with Crippen LogP contribution < -0.4 is 0 Å². The van der Waals surface area contributed by atoms with Crippen LogP contribution in [0.15, 0.2) is 0 Å². The molecule has 3 nitrogen and oxygen atoms in total. The van der Waals surface area contributed by atoms with Gasteiger partial charge in [-0.05, 0) is 12.8 Å². The predicted molar refractivity (Wildman–Crippen MR) is 35.2 cm³/mol. The molecular weight excluding hydrogens is 130 g/mol. The first kappa shape index (κ1) is 6.31. The summed E-state index contributed by atoms with van der Waals surface area (Å²) < 4.78 is 0. The first-order valence-electron chi connectivity index (χ1n) is 3.76. The Labute approximate surface area is 59.9 Å². The maximum Gasteiger partial charge on any atom is 0.127 e. The van der Waals surface area contributed by atoms with Crippen molar-refractivity contribution in [3.05, 3.63) is 0 Å². The molecule has 2 fully saturated rings. The minimum Gasteiger partial charge on any atom is -0.303 e. The summed E-state index contributed by atoms with van der Waals surface area (Å²) >= 11 is 0. The molecule has 2 heterocycles. The van der Waals surface area contributed by atoms with E-state index in [1.54, 1.807) is 0 Å². The van der Waals surface area contributed by atoms with Crippen molar-refractivity contribution >= 4 is 6.29 Å². The van der Waals surface area contributed by atoms with E-state index in [2.05, 4.69) is 0 Å². The van der Waals surface area contributed by atoms with Gasteiger partial charge in [-0.1, -0.05) is 0 Å². The van der Waals surface area contributed by atoms with E-state index in [0.717, 1.165) is 19.3 Å². The highest BCUT2D eigenvalue weighted by molar-refractivity contribution is 5.55.